The van der Waals surface area contributed by atoms with E-state index in [1.54, 1.807) is 4.57 Å². The smallest absolute Gasteiger partial charge is 0.358 e. The molecule has 0 spiro atoms. The van der Waals surface area contributed by atoms with Crippen LogP contribution in [0.15, 0.2) is 6.33 Å². The van der Waals surface area contributed by atoms with Gasteiger partial charge < -0.3 is 20.3 Å². The number of rotatable bonds is 6. The van der Waals surface area contributed by atoms with Crippen molar-refractivity contribution in [3.05, 3.63) is 16.4 Å². The van der Waals surface area contributed by atoms with Crippen molar-refractivity contribution in [2.45, 2.75) is 38.6 Å². The third-order valence-electron chi connectivity index (χ3n) is 3.71. The molecule has 1 aliphatic heterocycles. The molecule has 7 nitrogen and oxygen atoms in total. The molecule has 2 rings (SSSR count). The second kappa shape index (κ2) is 6.69. The molecule has 1 fully saturated rings. The Hall–Kier alpha value is -1.63. The van der Waals surface area contributed by atoms with Gasteiger partial charge in [0.15, 0.2) is 0 Å². The van der Waals surface area contributed by atoms with Crippen LogP contribution in [0.25, 0.3) is 0 Å². The van der Waals surface area contributed by atoms with Crippen LogP contribution in [0.3, 0.4) is 0 Å². The van der Waals surface area contributed by atoms with Crippen molar-refractivity contribution in [3.63, 3.8) is 0 Å². The third-order valence-corrected chi connectivity index (χ3v) is 3.71. The normalized spacial score (nSPS) is 19.0. The van der Waals surface area contributed by atoms with Gasteiger partial charge in [0.05, 0.1) is 0 Å². The van der Waals surface area contributed by atoms with E-state index in [2.05, 4.69) is 22.1 Å². The molecule has 1 aromatic heterocycles. The first-order valence-electron chi connectivity index (χ1n) is 7.27. The van der Waals surface area contributed by atoms with E-state index in [1.165, 1.54) is 19.2 Å². The Bertz CT molecular complexity index is 454. The average molecular weight is 281 g/mol. The minimum atomic E-state index is -0.397. The molecule has 1 aliphatic rings. The van der Waals surface area contributed by atoms with E-state index in [-0.39, 0.29) is 5.82 Å². The highest BCUT2D eigenvalue weighted by Gasteiger charge is 2.27. The number of aryl methyl sites for hydroxylation is 1. The van der Waals surface area contributed by atoms with Crippen molar-refractivity contribution in [2.24, 2.45) is 7.05 Å². The fraction of sp³-hybridized carbons (Fsp3) is 0.769. The van der Waals surface area contributed by atoms with Gasteiger partial charge in [-0.05, 0) is 35.7 Å². The van der Waals surface area contributed by atoms with Crippen molar-refractivity contribution in [2.75, 3.05) is 24.5 Å². The van der Waals surface area contributed by atoms with Gasteiger partial charge in [0, 0.05) is 26.2 Å². The van der Waals surface area contributed by atoms with E-state index in [1.807, 2.05) is 7.05 Å². The van der Waals surface area contributed by atoms with Gasteiger partial charge in [-0.3, -0.25) is 4.57 Å². The monoisotopic (exact) mass is 281 g/mol. The average Bonchev–Trinajstić information content (AvgIpc) is 2.81. The molecule has 20 heavy (non-hydrogen) atoms. The topological polar surface area (TPSA) is 76.2 Å². The van der Waals surface area contributed by atoms with Gasteiger partial charge in [-0.2, -0.15) is 0 Å². The molecule has 0 bridgehead atoms. The molecule has 0 aliphatic carbocycles. The number of aromatic nitrogens is 2. The Balaban J connectivity index is 2.18. The summed E-state index contributed by atoms with van der Waals surface area (Å²) >= 11 is 0. The number of nitrogens with one attached hydrogen (secondary N) is 1. The van der Waals surface area contributed by atoms with Crippen LogP contribution in [0, 0.1) is 10.1 Å². The highest BCUT2D eigenvalue weighted by Crippen LogP contribution is 2.26. The number of nitrogens with zero attached hydrogens (tertiary/aromatic N) is 4. The van der Waals surface area contributed by atoms with Crippen LogP contribution < -0.4 is 10.2 Å². The molecule has 0 radical (unpaired) electrons. The minimum absolute atomic E-state index is 0.0447. The second-order valence-electron chi connectivity index (χ2n) is 5.35. The van der Waals surface area contributed by atoms with Crippen LogP contribution in [0.4, 0.5) is 11.6 Å². The first-order valence-corrected chi connectivity index (χ1v) is 7.27. The summed E-state index contributed by atoms with van der Waals surface area (Å²) < 4.78 is 1.75. The summed E-state index contributed by atoms with van der Waals surface area (Å²) in [6, 6.07) is 0.407. The van der Waals surface area contributed by atoms with Crippen molar-refractivity contribution < 1.29 is 4.92 Å². The highest BCUT2D eigenvalue weighted by molar-refractivity contribution is 5.54. The fourth-order valence-electron chi connectivity index (χ4n) is 2.80. The van der Waals surface area contributed by atoms with Gasteiger partial charge >= 0.3 is 5.82 Å². The predicted molar refractivity (Wildman–Crippen MR) is 78.0 cm³/mol. The zero-order chi connectivity index (χ0) is 14.5. The first kappa shape index (κ1) is 14.8. The van der Waals surface area contributed by atoms with Crippen LogP contribution in [-0.2, 0) is 7.05 Å². The molecule has 2 heterocycles. The minimum Gasteiger partial charge on any atom is -0.358 e. The van der Waals surface area contributed by atoms with Crippen LogP contribution in [-0.4, -0.2) is 40.2 Å². The summed E-state index contributed by atoms with van der Waals surface area (Å²) in [7, 11) is 1.81. The largest absolute Gasteiger partial charge is 0.406 e. The number of anilines is 1. The van der Waals surface area contributed by atoms with E-state index in [0.29, 0.717) is 11.9 Å². The summed E-state index contributed by atoms with van der Waals surface area (Å²) in [6.07, 6.45) is 6.05. The van der Waals surface area contributed by atoms with E-state index in [9.17, 15) is 10.1 Å². The lowest BCUT2D eigenvalue weighted by molar-refractivity contribution is -0.388. The van der Waals surface area contributed by atoms with Crippen molar-refractivity contribution >= 4 is 11.6 Å². The maximum absolute atomic E-state index is 11.1. The number of hydrogen-bond acceptors (Lipinski definition) is 5. The van der Waals surface area contributed by atoms with E-state index >= 15 is 0 Å². The molecular weight excluding hydrogens is 258 g/mol. The first-order chi connectivity index (χ1) is 9.63. The molecule has 7 heteroatoms. The van der Waals surface area contributed by atoms with Gasteiger partial charge in [0.1, 0.15) is 0 Å². The molecule has 1 saturated heterocycles. The molecule has 112 valence electrons. The summed E-state index contributed by atoms with van der Waals surface area (Å²) in [4.78, 5) is 16.7. The van der Waals surface area contributed by atoms with Crippen molar-refractivity contribution in [3.8, 4) is 0 Å². The maximum atomic E-state index is 11.1. The van der Waals surface area contributed by atoms with E-state index < -0.39 is 4.92 Å². The summed E-state index contributed by atoms with van der Waals surface area (Å²) in [5, 5.41) is 14.6. The molecule has 1 aromatic rings. The lowest BCUT2D eigenvalue weighted by Gasteiger charge is -2.31. The zero-order valence-corrected chi connectivity index (χ0v) is 12.2. The summed E-state index contributed by atoms with van der Waals surface area (Å²) in [5.41, 5.74) is 0. The zero-order valence-electron chi connectivity index (χ0n) is 12.2. The number of piperidine rings is 1. The Labute approximate surface area is 119 Å². The maximum Gasteiger partial charge on any atom is 0.406 e. The molecule has 1 N–H and O–H groups in total. The highest BCUT2D eigenvalue weighted by atomic mass is 16.6. The van der Waals surface area contributed by atoms with Gasteiger partial charge in [-0.1, -0.05) is 13.3 Å². The lowest BCUT2D eigenvalue weighted by Crippen LogP contribution is -2.44. The molecule has 0 saturated carbocycles. The van der Waals surface area contributed by atoms with Gasteiger partial charge in [-0.25, -0.2) is 0 Å². The summed E-state index contributed by atoms with van der Waals surface area (Å²) in [5.74, 6) is 0.570. The Morgan fingerprint density at radius 3 is 3.00 bits per heavy atom. The Morgan fingerprint density at radius 2 is 2.40 bits per heavy atom. The van der Waals surface area contributed by atoms with E-state index in [0.717, 1.165) is 32.5 Å². The molecule has 0 aromatic carbocycles. The van der Waals surface area contributed by atoms with Crippen molar-refractivity contribution in [1.29, 1.82) is 0 Å². The van der Waals surface area contributed by atoms with Gasteiger partial charge in [-0.15, -0.1) is 0 Å². The number of nitro groups is 1. The summed E-state index contributed by atoms with van der Waals surface area (Å²) in [6.45, 7) is 4.73. The quantitative estimate of drug-likeness (QED) is 0.634. The standard InChI is InChI=1S/C13H23N5O2/c1-3-8-17(9-11-6-4-5-7-14-11)13-12(18(19)20)15-10-16(13)2/h10-11,14H,3-9H2,1-2H3. The Morgan fingerprint density at radius 1 is 1.60 bits per heavy atom. The molecule has 1 unspecified atom stereocenters. The van der Waals surface area contributed by atoms with Crippen LogP contribution in [0.2, 0.25) is 0 Å². The van der Waals surface area contributed by atoms with Crippen LogP contribution in [0.5, 0.6) is 0 Å². The van der Waals surface area contributed by atoms with Gasteiger partial charge in [0.2, 0.25) is 12.1 Å². The predicted octanol–water partition coefficient (Wildman–Crippen LogP) is 1.69. The molecule has 0 amide bonds. The number of hydrogen-bond donors (Lipinski definition) is 1. The van der Waals surface area contributed by atoms with Crippen LogP contribution in [0.1, 0.15) is 32.6 Å². The van der Waals surface area contributed by atoms with Gasteiger partial charge in [0.25, 0.3) is 0 Å². The third kappa shape index (κ3) is 3.27. The number of imidazole rings is 1. The fourth-order valence-corrected chi connectivity index (χ4v) is 2.80. The Kier molecular flexibility index (Phi) is 4.94. The van der Waals surface area contributed by atoms with Crippen LogP contribution >= 0.6 is 0 Å². The van der Waals surface area contributed by atoms with Crippen molar-refractivity contribution in [1.82, 2.24) is 14.9 Å². The van der Waals surface area contributed by atoms with E-state index in [4.69, 9.17) is 0 Å². The lowest BCUT2D eigenvalue weighted by atomic mass is 10.0. The SMILES string of the molecule is CCCN(CC1CCCCN1)c1c([N+](=O)[O-])ncn1C. The molecular formula is C13H23N5O2. The molecule has 1 atom stereocenters. The second-order valence-corrected chi connectivity index (χ2v) is 5.35.